The molecule has 4 N–H and O–H groups in total. The zero-order valence-electron chi connectivity index (χ0n) is 17.7. The molecule has 0 bridgehead atoms. The van der Waals surface area contributed by atoms with E-state index in [0.29, 0.717) is 23.5 Å². The third kappa shape index (κ3) is 5.08. The van der Waals surface area contributed by atoms with Crippen molar-refractivity contribution in [2.24, 2.45) is 0 Å². The lowest BCUT2D eigenvalue weighted by Gasteiger charge is -2.30. The number of anilines is 1. The van der Waals surface area contributed by atoms with E-state index in [4.69, 9.17) is 16.3 Å². The fourth-order valence-corrected chi connectivity index (χ4v) is 4.30. The zero-order chi connectivity index (χ0) is 21.8. The Kier molecular flexibility index (Phi) is 6.58. The van der Waals surface area contributed by atoms with Crippen molar-refractivity contribution in [2.75, 3.05) is 26.0 Å². The number of ether oxygens (including phenoxy) is 1. The van der Waals surface area contributed by atoms with Gasteiger partial charge in [-0.15, -0.1) is 0 Å². The van der Waals surface area contributed by atoms with Gasteiger partial charge in [-0.05, 0) is 56.5 Å². The number of aromatic amines is 1. The number of nitrogens with one attached hydrogen (secondary N) is 4. The molecule has 4 rings (SSSR count). The minimum Gasteiger partial charge on any atom is -0.495 e. The lowest BCUT2D eigenvalue weighted by molar-refractivity contribution is -0.121. The maximum absolute atomic E-state index is 11.8. The van der Waals surface area contributed by atoms with Gasteiger partial charge in [-0.3, -0.25) is 4.79 Å². The van der Waals surface area contributed by atoms with Gasteiger partial charge >= 0.3 is 0 Å². The van der Waals surface area contributed by atoms with Gasteiger partial charge in [0.25, 0.3) is 0 Å². The van der Waals surface area contributed by atoms with E-state index < -0.39 is 0 Å². The van der Waals surface area contributed by atoms with E-state index in [2.05, 4.69) is 30.9 Å². The molecule has 3 aromatic heterocycles. The van der Waals surface area contributed by atoms with Gasteiger partial charge < -0.3 is 25.7 Å². The summed E-state index contributed by atoms with van der Waals surface area (Å²) in [4.78, 5) is 23.8. The molecule has 0 saturated heterocycles. The van der Waals surface area contributed by atoms with Crippen molar-refractivity contribution in [1.82, 2.24) is 25.6 Å². The third-order valence-electron chi connectivity index (χ3n) is 5.63. The molecule has 1 aliphatic carbocycles. The van der Waals surface area contributed by atoms with Crippen LogP contribution in [0.3, 0.4) is 0 Å². The summed E-state index contributed by atoms with van der Waals surface area (Å²) in [5, 5.41) is 10.9. The largest absolute Gasteiger partial charge is 0.495 e. The Morgan fingerprint density at radius 2 is 2.00 bits per heavy atom. The molecular weight excluding hydrogens is 416 g/mol. The topological polar surface area (TPSA) is 104 Å². The highest BCUT2D eigenvalue weighted by molar-refractivity contribution is 6.29. The predicted molar refractivity (Wildman–Crippen MR) is 123 cm³/mol. The lowest BCUT2D eigenvalue weighted by Crippen LogP contribution is -2.43. The molecule has 3 aromatic rings. The van der Waals surface area contributed by atoms with Gasteiger partial charge in [0.1, 0.15) is 22.4 Å². The van der Waals surface area contributed by atoms with Crippen molar-refractivity contribution in [3.8, 4) is 16.9 Å². The Labute approximate surface area is 186 Å². The van der Waals surface area contributed by atoms with Crippen LogP contribution in [0.25, 0.3) is 22.2 Å². The maximum atomic E-state index is 11.8. The van der Waals surface area contributed by atoms with E-state index in [1.807, 2.05) is 24.4 Å². The second-order valence-electron chi connectivity index (χ2n) is 7.83. The number of carbonyl (C=O) groups excluding carboxylic acids is 1. The van der Waals surface area contributed by atoms with E-state index >= 15 is 0 Å². The van der Waals surface area contributed by atoms with Gasteiger partial charge in [0.15, 0.2) is 0 Å². The fraction of sp³-hybridized carbons (Fsp3) is 0.409. The number of hydrogen-bond acceptors (Lipinski definition) is 6. The predicted octanol–water partition coefficient (Wildman–Crippen LogP) is 3.35. The summed E-state index contributed by atoms with van der Waals surface area (Å²) < 4.78 is 5.32. The first-order chi connectivity index (χ1) is 15.1. The van der Waals surface area contributed by atoms with Crippen molar-refractivity contribution >= 4 is 34.4 Å². The standard InChI is InChI=1S/C22H27ClN6O2/c1-24-12-21(30)28-15-5-3-14(4-6-15)27-20-8-13(7-19(23)29-20)18-11-26-22-17(18)9-16(31-2)10-25-22/h7-11,14-15,24H,3-6,12H2,1-2H3,(H,25,26)(H,27,29)(H,28,30)/t14-,15-. The van der Waals surface area contributed by atoms with Crippen LogP contribution >= 0.6 is 11.6 Å². The lowest BCUT2D eigenvalue weighted by atomic mass is 9.91. The highest BCUT2D eigenvalue weighted by atomic mass is 35.5. The Hall–Kier alpha value is -2.84. The Balaban J connectivity index is 1.46. The molecule has 1 saturated carbocycles. The summed E-state index contributed by atoms with van der Waals surface area (Å²) in [6.07, 6.45) is 7.41. The third-order valence-corrected chi connectivity index (χ3v) is 5.82. The highest BCUT2D eigenvalue weighted by Crippen LogP contribution is 2.33. The van der Waals surface area contributed by atoms with Crippen molar-refractivity contribution < 1.29 is 9.53 Å². The molecule has 0 atom stereocenters. The van der Waals surface area contributed by atoms with E-state index in [0.717, 1.165) is 53.7 Å². The number of likely N-dealkylation sites (N-methyl/N-ethyl adjacent to an activating group) is 1. The Bertz CT molecular complexity index is 1060. The molecule has 0 aliphatic heterocycles. The molecule has 9 heteroatoms. The number of H-pyrrole nitrogens is 1. The molecule has 0 aromatic carbocycles. The monoisotopic (exact) mass is 442 g/mol. The first-order valence-electron chi connectivity index (χ1n) is 10.5. The molecule has 1 amide bonds. The minimum absolute atomic E-state index is 0.0462. The molecule has 8 nitrogen and oxygen atoms in total. The van der Waals surface area contributed by atoms with Gasteiger partial charge in [0.05, 0.1) is 19.9 Å². The Morgan fingerprint density at radius 1 is 1.23 bits per heavy atom. The van der Waals surface area contributed by atoms with E-state index in [1.54, 1.807) is 20.4 Å². The number of aromatic nitrogens is 3. The fourth-order valence-electron chi connectivity index (χ4n) is 4.09. The molecule has 1 fully saturated rings. The molecule has 164 valence electrons. The van der Waals surface area contributed by atoms with Crippen LogP contribution < -0.4 is 20.7 Å². The first kappa shape index (κ1) is 21.4. The number of rotatable bonds is 7. The molecule has 0 radical (unpaired) electrons. The molecule has 0 spiro atoms. The minimum atomic E-state index is 0.0462. The SMILES string of the molecule is CNCC(=O)N[C@H]1CC[C@H](Nc2cc(-c3c[nH]c4ncc(OC)cc34)cc(Cl)n2)CC1. The number of nitrogens with zero attached hydrogens (tertiary/aromatic N) is 2. The summed E-state index contributed by atoms with van der Waals surface area (Å²) in [6, 6.07) is 6.34. The van der Waals surface area contributed by atoms with Gasteiger partial charge in [0, 0.05) is 29.2 Å². The van der Waals surface area contributed by atoms with Crippen molar-refractivity contribution in [3.63, 3.8) is 0 Å². The van der Waals surface area contributed by atoms with Gasteiger partial charge in [-0.25, -0.2) is 9.97 Å². The number of hydrogen-bond donors (Lipinski definition) is 4. The van der Waals surface area contributed by atoms with Crippen LogP contribution in [0.5, 0.6) is 5.75 Å². The normalized spacial score (nSPS) is 18.7. The van der Waals surface area contributed by atoms with Crippen LogP contribution in [0.15, 0.2) is 30.6 Å². The second kappa shape index (κ2) is 9.53. The Morgan fingerprint density at radius 3 is 2.74 bits per heavy atom. The van der Waals surface area contributed by atoms with Crippen molar-refractivity contribution in [1.29, 1.82) is 0 Å². The molecule has 31 heavy (non-hydrogen) atoms. The van der Waals surface area contributed by atoms with Gasteiger partial charge in [0.2, 0.25) is 5.91 Å². The maximum Gasteiger partial charge on any atom is 0.234 e. The first-order valence-corrected chi connectivity index (χ1v) is 10.8. The average Bonchev–Trinajstić information content (AvgIpc) is 3.18. The van der Waals surface area contributed by atoms with E-state index in [1.165, 1.54) is 0 Å². The highest BCUT2D eigenvalue weighted by Gasteiger charge is 2.23. The van der Waals surface area contributed by atoms with Crippen LogP contribution in [0.1, 0.15) is 25.7 Å². The number of amides is 1. The van der Waals surface area contributed by atoms with Gasteiger partial charge in [-0.2, -0.15) is 0 Å². The number of carbonyl (C=O) groups is 1. The summed E-state index contributed by atoms with van der Waals surface area (Å²) in [7, 11) is 3.40. The molecular formula is C22H27ClN6O2. The van der Waals surface area contributed by atoms with Crippen molar-refractivity contribution in [2.45, 2.75) is 37.8 Å². The van der Waals surface area contributed by atoms with Crippen LogP contribution in [-0.2, 0) is 4.79 Å². The quantitative estimate of drug-likeness (QED) is 0.418. The number of fused-ring (bicyclic) bond motifs is 1. The summed E-state index contributed by atoms with van der Waals surface area (Å²) in [5.74, 6) is 1.49. The average molecular weight is 443 g/mol. The number of halogens is 1. The van der Waals surface area contributed by atoms with E-state index in [9.17, 15) is 4.79 Å². The zero-order valence-corrected chi connectivity index (χ0v) is 18.4. The summed E-state index contributed by atoms with van der Waals surface area (Å²) >= 11 is 6.35. The van der Waals surface area contributed by atoms with E-state index in [-0.39, 0.29) is 11.9 Å². The smallest absolute Gasteiger partial charge is 0.234 e. The molecule has 1 aliphatic rings. The van der Waals surface area contributed by atoms with Crippen LogP contribution in [0.2, 0.25) is 5.15 Å². The van der Waals surface area contributed by atoms with Crippen LogP contribution in [0, 0.1) is 0 Å². The van der Waals surface area contributed by atoms with Crippen LogP contribution in [0.4, 0.5) is 5.82 Å². The summed E-state index contributed by atoms with van der Waals surface area (Å²) in [5.41, 5.74) is 2.73. The summed E-state index contributed by atoms with van der Waals surface area (Å²) in [6.45, 7) is 0.350. The molecule has 0 unspecified atom stereocenters. The molecule has 3 heterocycles. The van der Waals surface area contributed by atoms with Crippen LogP contribution in [-0.4, -0.2) is 53.6 Å². The van der Waals surface area contributed by atoms with Gasteiger partial charge in [-0.1, -0.05) is 11.6 Å². The van der Waals surface area contributed by atoms with Crippen molar-refractivity contribution in [3.05, 3.63) is 35.7 Å². The second-order valence-corrected chi connectivity index (χ2v) is 8.22. The number of pyridine rings is 2. The number of methoxy groups -OCH3 is 1.